The molecular formula is C12H14BrFN2. The van der Waals surface area contributed by atoms with Crippen LogP contribution in [0.5, 0.6) is 0 Å². The van der Waals surface area contributed by atoms with Gasteiger partial charge in [0, 0.05) is 16.7 Å². The molecule has 2 aliphatic rings. The lowest BCUT2D eigenvalue weighted by Gasteiger charge is -2.23. The van der Waals surface area contributed by atoms with Gasteiger partial charge >= 0.3 is 0 Å². The Hall–Kier alpha value is -0.640. The third-order valence-corrected chi connectivity index (χ3v) is 4.30. The quantitative estimate of drug-likeness (QED) is 0.898. The van der Waals surface area contributed by atoms with Crippen molar-refractivity contribution in [3.63, 3.8) is 0 Å². The molecule has 0 spiro atoms. The third kappa shape index (κ3) is 1.83. The van der Waals surface area contributed by atoms with E-state index in [0.29, 0.717) is 16.3 Å². The first-order chi connectivity index (χ1) is 7.72. The van der Waals surface area contributed by atoms with E-state index in [-0.39, 0.29) is 5.82 Å². The maximum absolute atomic E-state index is 13.6. The summed E-state index contributed by atoms with van der Waals surface area (Å²) in [5.41, 5.74) is 0. The second kappa shape index (κ2) is 3.99. The molecule has 3 rings (SSSR count). The van der Waals surface area contributed by atoms with E-state index in [1.807, 2.05) is 0 Å². The minimum absolute atomic E-state index is 0.267. The number of hydrogen-bond acceptors (Lipinski definition) is 2. The maximum Gasteiger partial charge on any atom is 0.166 e. The molecule has 3 atom stereocenters. The molecule has 1 aromatic rings. The smallest absolute Gasteiger partial charge is 0.166 e. The summed E-state index contributed by atoms with van der Waals surface area (Å²) in [7, 11) is 0. The summed E-state index contributed by atoms with van der Waals surface area (Å²) in [5.74, 6) is 1.73. The topological polar surface area (TPSA) is 24.9 Å². The fourth-order valence-electron chi connectivity index (χ4n) is 3.12. The van der Waals surface area contributed by atoms with Crippen LogP contribution in [0.1, 0.15) is 25.7 Å². The van der Waals surface area contributed by atoms with Gasteiger partial charge in [-0.2, -0.15) is 0 Å². The van der Waals surface area contributed by atoms with Crippen LogP contribution in [0.15, 0.2) is 16.7 Å². The lowest BCUT2D eigenvalue weighted by Crippen LogP contribution is -2.26. The van der Waals surface area contributed by atoms with E-state index >= 15 is 0 Å². The van der Waals surface area contributed by atoms with Gasteiger partial charge in [-0.25, -0.2) is 9.37 Å². The Morgan fingerprint density at radius 3 is 2.88 bits per heavy atom. The van der Waals surface area contributed by atoms with Crippen molar-refractivity contribution in [2.24, 2.45) is 11.8 Å². The minimum Gasteiger partial charge on any atom is -0.365 e. The van der Waals surface area contributed by atoms with Crippen molar-refractivity contribution in [2.45, 2.75) is 31.7 Å². The van der Waals surface area contributed by atoms with Crippen LogP contribution in [-0.2, 0) is 0 Å². The van der Waals surface area contributed by atoms with E-state index in [4.69, 9.17) is 0 Å². The predicted octanol–water partition coefficient (Wildman–Crippen LogP) is 3.58. The van der Waals surface area contributed by atoms with Crippen molar-refractivity contribution < 1.29 is 4.39 Å². The highest BCUT2D eigenvalue weighted by atomic mass is 79.9. The summed E-state index contributed by atoms with van der Waals surface area (Å²) >= 11 is 3.21. The minimum atomic E-state index is -0.267. The molecule has 2 fully saturated rings. The van der Waals surface area contributed by atoms with Crippen LogP contribution < -0.4 is 5.32 Å². The van der Waals surface area contributed by atoms with Crippen LogP contribution >= 0.6 is 15.9 Å². The summed E-state index contributed by atoms with van der Waals surface area (Å²) in [6, 6.07) is 1.89. The summed E-state index contributed by atoms with van der Waals surface area (Å²) < 4.78 is 14.3. The number of nitrogens with zero attached hydrogens (tertiary/aromatic N) is 1. The number of anilines is 1. The second-order valence-electron chi connectivity index (χ2n) is 4.91. The number of aromatic nitrogens is 1. The average Bonchev–Trinajstić information content (AvgIpc) is 2.84. The summed E-state index contributed by atoms with van der Waals surface area (Å²) in [4.78, 5) is 4.09. The van der Waals surface area contributed by atoms with Crippen molar-refractivity contribution in [3.8, 4) is 0 Å². The lowest BCUT2D eigenvalue weighted by atomic mass is 9.95. The van der Waals surface area contributed by atoms with Crippen LogP contribution in [0, 0.1) is 17.7 Å². The first-order valence-electron chi connectivity index (χ1n) is 5.80. The highest BCUT2D eigenvalue weighted by molar-refractivity contribution is 9.10. The van der Waals surface area contributed by atoms with E-state index in [1.165, 1.54) is 31.7 Å². The Morgan fingerprint density at radius 2 is 2.25 bits per heavy atom. The fourth-order valence-corrected chi connectivity index (χ4v) is 3.42. The molecule has 16 heavy (non-hydrogen) atoms. The van der Waals surface area contributed by atoms with Gasteiger partial charge in [0.1, 0.15) is 0 Å². The van der Waals surface area contributed by atoms with E-state index < -0.39 is 0 Å². The molecule has 2 aliphatic carbocycles. The Bertz CT molecular complexity index is 410. The van der Waals surface area contributed by atoms with Crippen molar-refractivity contribution in [1.82, 2.24) is 4.98 Å². The number of hydrogen-bond donors (Lipinski definition) is 1. The van der Waals surface area contributed by atoms with E-state index in [1.54, 1.807) is 6.20 Å². The van der Waals surface area contributed by atoms with Gasteiger partial charge in [0.15, 0.2) is 11.6 Å². The average molecular weight is 285 g/mol. The zero-order valence-corrected chi connectivity index (χ0v) is 10.5. The van der Waals surface area contributed by atoms with Crippen LogP contribution in [0.2, 0.25) is 0 Å². The second-order valence-corrected chi connectivity index (χ2v) is 5.83. The number of halogens is 2. The van der Waals surface area contributed by atoms with E-state index in [2.05, 4.69) is 26.2 Å². The van der Waals surface area contributed by atoms with Crippen LogP contribution in [0.3, 0.4) is 0 Å². The zero-order valence-electron chi connectivity index (χ0n) is 8.92. The first kappa shape index (κ1) is 10.5. The lowest BCUT2D eigenvalue weighted by molar-refractivity contribution is 0.437. The molecule has 86 valence electrons. The maximum atomic E-state index is 13.6. The van der Waals surface area contributed by atoms with Gasteiger partial charge in [0.2, 0.25) is 0 Å². The van der Waals surface area contributed by atoms with Gasteiger partial charge in [-0.05, 0) is 53.1 Å². The molecule has 2 bridgehead atoms. The van der Waals surface area contributed by atoms with Crippen molar-refractivity contribution in [1.29, 1.82) is 0 Å². The van der Waals surface area contributed by atoms with Gasteiger partial charge in [-0.3, -0.25) is 0 Å². The summed E-state index contributed by atoms with van der Waals surface area (Å²) in [6.45, 7) is 0. The van der Waals surface area contributed by atoms with Gasteiger partial charge in [0.05, 0.1) is 0 Å². The van der Waals surface area contributed by atoms with E-state index in [0.717, 1.165) is 11.8 Å². The monoisotopic (exact) mass is 284 g/mol. The first-order valence-corrected chi connectivity index (χ1v) is 6.59. The molecule has 0 aromatic carbocycles. The predicted molar refractivity (Wildman–Crippen MR) is 64.8 cm³/mol. The molecule has 0 radical (unpaired) electrons. The molecule has 0 aliphatic heterocycles. The van der Waals surface area contributed by atoms with Crippen LogP contribution in [0.4, 0.5) is 10.2 Å². The van der Waals surface area contributed by atoms with Gasteiger partial charge in [0.25, 0.3) is 0 Å². The number of nitrogens with one attached hydrogen (secondary N) is 1. The largest absolute Gasteiger partial charge is 0.365 e. The number of fused-ring (bicyclic) bond motifs is 2. The standard InChI is InChI=1S/C12H14BrFN2/c13-9-5-10(14)12(15-6-9)16-11-4-7-1-2-8(11)3-7/h5-8,11H,1-4H2,(H,15,16). The molecule has 0 amide bonds. The van der Waals surface area contributed by atoms with E-state index in [9.17, 15) is 4.39 Å². The SMILES string of the molecule is Fc1cc(Br)cnc1NC1CC2CCC1C2. The van der Waals surface area contributed by atoms with Crippen molar-refractivity contribution >= 4 is 21.7 Å². The number of rotatable bonds is 2. The number of pyridine rings is 1. The highest BCUT2D eigenvalue weighted by Crippen LogP contribution is 2.45. The molecule has 1 aromatic heterocycles. The van der Waals surface area contributed by atoms with Crippen molar-refractivity contribution in [3.05, 3.63) is 22.6 Å². The Labute approximate surface area is 103 Å². The Balaban J connectivity index is 1.74. The molecule has 4 heteroatoms. The van der Waals surface area contributed by atoms with Gasteiger partial charge < -0.3 is 5.32 Å². The molecular weight excluding hydrogens is 271 g/mol. The third-order valence-electron chi connectivity index (χ3n) is 3.87. The van der Waals surface area contributed by atoms with Crippen molar-refractivity contribution in [2.75, 3.05) is 5.32 Å². The Morgan fingerprint density at radius 1 is 1.38 bits per heavy atom. The zero-order chi connectivity index (χ0) is 11.1. The van der Waals surface area contributed by atoms with Gasteiger partial charge in [-0.15, -0.1) is 0 Å². The Kier molecular flexibility index (Phi) is 2.62. The molecule has 1 heterocycles. The molecule has 3 unspecified atom stereocenters. The molecule has 0 saturated heterocycles. The molecule has 2 nitrogen and oxygen atoms in total. The van der Waals surface area contributed by atoms with Crippen LogP contribution in [0.25, 0.3) is 0 Å². The normalized spacial score (nSPS) is 32.0. The molecule has 2 saturated carbocycles. The van der Waals surface area contributed by atoms with Gasteiger partial charge in [-0.1, -0.05) is 6.42 Å². The van der Waals surface area contributed by atoms with Crippen LogP contribution in [-0.4, -0.2) is 11.0 Å². The highest BCUT2D eigenvalue weighted by Gasteiger charge is 2.39. The molecule has 1 N–H and O–H groups in total. The summed E-state index contributed by atoms with van der Waals surface area (Å²) in [6.07, 6.45) is 6.79. The fraction of sp³-hybridized carbons (Fsp3) is 0.583. The summed E-state index contributed by atoms with van der Waals surface area (Å²) in [5, 5.41) is 3.26.